The number of fused-ring (bicyclic) bond motifs is 3. The van der Waals surface area contributed by atoms with Crippen molar-refractivity contribution in [1.82, 2.24) is 19.5 Å². The van der Waals surface area contributed by atoms with Gasteiger partial charge in [-0.1, -0.05) is 30.3 Å². The Morgan fingerprint density at radius 1 is 1.00 bits per heavy atom. The van der Waals surface area contributed by atoms with Gasteiger partial charge in [-0.25, -0.2) is 0 Å². The van der Waals surface area contributed by atoms with Gasteiger partial charge in [-0.05, 0) is 53.9 Å². The maximum Gasteiger partial charge on any atom is 0.298 e. The number of amides is 1. The summed E-state index contributed by atoms with van der Waals surface area (Å²) in [5.41, 5.74) is 4.22. The second kappa shape index (κ2) is 10.4. The molecule has 1 unspecified atom stereocenters. The molecule has 0 saturated carbocycles. The molecule has 4 heterocycles. The van der Waals surface area contributed by atoms with Crippen molar-refractivity contribution >= 4 is 52.2 Å². The lowest BCUT2D eigenvalue weighted by atomic mass is 10.0. The summed E-state index contributed by atoms with van der Waals surface area (Å²) < 4.78 is 7.83. The SMILES string of the molecule is Cc1cc(-c2ccccc2)c(C(=O)C(=O)Nc2ccc3c(c2)OCC2CN(c4nc(Cl)nc(Cl)n4)CCN32)n1C. The number of anilines is 3. The molecule has 2 aliphatic heterocycles. The second-order valence-electron chi connectivity index (χ2n) is 9.72. The number of aryl methyl sites for hydroxylation is 1. The smallest absolute Gasteiger partial charge is 0.298 e. The Kier molecular flexibility index (Phi) is 6.81. The van der Waals surface area contributed by atoms with Gasteiger partial charge in [0.1, 0.15) is 18.1 Å². The molecule has 1 amide bonds. The highest BCUT2D eigenvalue weighted by Crippen LogP contribution is 2.38. The van der Waals surface area contributed by atoms with Crippen LogP contribution in [-0.2, 0) is 11.8 Å². The van der Waals surface area contributed by atoms with Crippen LogP contribution in [-0.4, -0.2) is 63.5 Å². The molecular formula is C28H25Cl2N7O3. The molecule has 40 heavy (non-hydrogen) atoms. The third kappa shape index (κ3) is 4.84. The van der Waals surface area contributed by atoms with E-state index in [2.05, 4.69) is 25.2 Å². The van der Waals surface area contributed by atoms with Crippen molar-refractivity contribution in [1.29, 1.82) is 0 Å². The molecule has 0 radical (unpaired) electrons. The van der Waals surface area contributed by atoms with Crippen LogP contribution in [0.5, 0.6) is 5.75 Å². The summed E-state index contributed by atoms with van der Waals surface area (Å²) in [6.07, 6.45) is 0. The number of hydrogen-bond donors (Lipinski definition) is 1. The van der Waals surface area contributed by atoms with E-state index in [0.717, 1.165) is 22.5 Å². The summed E-state index contributed by atoms with van der Waals surface area (Å²) in [7, 11) is 1.79. The molecule has 2 aliphatic rings. The van der Waals surface area contributed by atoms with Gasteiger partial charge in [-0.3, -0.25) is 9.59 Å². The predicted molar refractivity (Wildman–Crippen MR) is 154 cm³/mol. The first-order valence-electron chi connectivity index (χ1n) is 12.7. The molecule has 6 rings (SSSR count). The molecule has 1 N–H and O–H groups in total. The summed E-state index contributed by atoms with van der Waals surface area (Å²) >= 11 is 11.9. The van der Waals surface area contributed by atoms with Crippen molar-refractivity contribution in [3.05, 3.63) is 76.6 Å². The van der Waals surface area contributed by atoms with Crippen molar-refractivity contribution in [2.75, 3.05) is 41.4 Å². The van der Waals surface area contributed by atoms with Crippen LogP contribution in [0.15, 0.2) is 54.6 Å². The number of rotatable bonds is 5. The number of nitrogens with one attached hydrogen (secondary N) is 1. The molecule has 204 valence electrons. The molecule has 10 nitrogen and oxygen atoms in total. The number of ketones is 1. The molecule has 2 aromatic carbocycles. The molecule has 1 fully saturated rings. The van der Waals surface area contributed by atoms with E-state index >= 15 is 0 Å². The van der Waals surface area contributed by atoms with Crippen molar-refractivity contribution in [3.63, 3.8) is 0 Å². The van der Waals surface area contributed by atoms with Gasteiger partial charge < -0.3 is 24.4 Å². The summed E-state index contributed by atoms with van der Waals surface area (Å²) in [6, 6.07) is 17.0. The average Bonchev–Trinajstić information content (AvgIpc) is 3.25. The predicted octanol–water partition coefficient (Wildman–Crippen LogP) is 4.40. The maximum absolute atomic E-state index is 13.3. The number of carbonyl (C=O) groups excluding carboxylic acids is 2. The van der Waals surface area contributed by atoms with Gasteiger partial charge in [-0.15, -0.1) is 0 Å². The average molecular weight is 578 g/mol. The maximum atomic E-state index is 13.3. The number of aromatic nitrogens is 4. The van der Waals surface area contributed by atoms with Crippen LogP contribution in [0.2, 0.25) is 10.6 Å². The van der Waals surface area contributed by atoms with Crippen LogP contribution in [0, 0.1) is 6.92 Å². The summed E-state index contributed by atoms with van der Waals surface area (Å²) in [4.78, 5) is 42.9. The van der Waals surface area contributed by atoms with Gasteiger partial charge in [0.25, 0.3) is 11.7 Å². The zero-order valence-electron chi connectivity index (χ0n) is 21.8. The molecule has 0 spiro atoms. The van der Waals surface area contributed by atoms with Crippen LogP contribution in [0.3, 0.4) is 0 Å². The number of nitrogens with zero attached hydrogens (tertiary/aromatic N) is 6. The third-order valence-corrected chi connectivity index (χ3v) is 7.61. The van der Waals surface area contributed by atoms with Crippen molar-refractivity contribution in [2.45, 2.75) is 13.0 Å². The van der Waals surface area contributed by atoms with Gasteiger partial charge in [0.15, 0.2) is 0 Å². The standard InChI is InChI=1S/C28H25Cl2N7O3/c1-16-12-20(17-6-4-3-5-7-17)23(35(16)2)24(38)25(39)31-18-8-9-21-22(13-18)40-15-19-14-36(10-11-37(19)21)28-33-26(29)32-27(30)34-28/h3-9,12-13,19H,10-11,14-15H2,1-2H3,(H,31,39). The first kappa shape index (κ1) is 26.1. The Hall–Kier alpha value is -4.15. The fourth-order valence-corrected chi connectivity index (χ4v) is 5.58. The largest absolute Gasteiger partial charge is 0.489 e. The zero-order chi connectivity index (χ0) is 28.0. The molecule has 1 atom stereocenters. The topological polar surface area (TPSA) is 105 Å². The number of piperazine rings is 1. The van der Waals surface area contributed by atoms with Gasteiger partial charge >= 0.3 is 0 Å². The van der Waals surface area contributed by atoms with Crippen LogP contribution in [0.25, 0.3) is 11.1 Å². The Bertz CT molecular complexity index is 1610. The van der Waals surface area contributed by atoms with Crippen LogP contribution in [0.4, 0.5) is 17.3 Å². The number of halogens is 2. The molecule has 0 bridgehead atoms. The van der Waals surface area contributed by atoms with E-state index in [0.29, 0.717) is 49.3 Å². The van der Waals surface area contributed by atoms with Crippen LogP contribution in [0.1, 0.15) is 16.2 Å². The highest BCUT2D eigenvalue weighted by Gasteiger charge is 2.34. The highest BCUT2D eigenvalue weighted by atomic mass is 35.5. The minimum atomic E-state index is -0.713. The van der Waals surface area contributed by atoms with E-state index in [1.54, 1.807) is 23.7 Å². The first-order chi connectivity index (χ1) is 19.3. The number of hydrogen-bond acceptors (Lipinski definition) is 8. The van der Waals surface area contributed by atoms with E-state index in [1.165, 1.54) is 0 Å². The Balaban J connectivity index is 1.18. The monoisotopic (exact) mass is 577 g/mol. The number of benzene rings is 2. The second-order valence-corrected chi connectivity index (χ2v) is 10.4. The molecule has 4 aromatic rings. The van der Waals surface area contributed by atoms with Gasteiger partial charge in [0.2, 0.25) is 16.5 Å². The van der Waals surface area contributed by atoms with E-state index < -0.39 is 11.7 Å². The minimum Gasteiger partial charge on any atom is -0.489 e. The lowest BCUT2D eigenvalue weighted by molar-refractivity contribution is -0.112. The van der Waals surface area contributed by atoms with Crippen LogP contribution >= 0.6 is 23.2 Å². The fraction of sp³-hybridized carbons (Fsp3) is 0.250. The summed E-state index contributed by atoms with van der Waals surface area (Å²) in [6.45, 7) is 4.29. The first-order valence-corrected chi connectivity index (χ1v) is 13.5. The number of carbonyl (C=O) groups is 2. The van der Waals surface area contributed by atoms with Gasteiger partial charge in [0, 0.05) is 49.7 Å². The highest BCUT2D eigenvalue weighted by molar-refractivity contribution is 6.47. The van der Waals surface area contributed by atoms with E-state index in [-0.39, 0.29) is 16.6 Å². The molecule has 1 saturated heterocycles. The number of Topliss-reactive ketones (excluding diaryl/α,β-unsaturated/α-hetero) is 1. The van der Waals surface area contributed by atoms with E-state index in [1.807, 2.05) is 54.3 Å². The van der Waals surface area contributed by atoms with E-state index in [9.17, 15) is 9.59 Å². The Morgan fingerprint density at radius 3 is 2.50 bits per heavy atom. The van der Waals surface area contributed by atoms with Gasteiger partial charge in [0.05, 0.1) is 11.7 Å². The van der Waals surface area contributed by atoms with E-state index in [4.69, 9.17) is 27.9 Å². The Labute approximate surface area is 240 Å². The van der Waals surface area contributed by atoms with Crippen molar-refractivity contribution < 1.29 is 14.3 Å². The van der Waals surface area contributed by atoms with Crippen molar-refractivity contribution in [2.24, 2.45) is 7.05 Å². The quantitative estimate of drug-likeness (QED) is 0.275. The third-order valence-electron chi connectivity index (χ3n) is 7.27. The summed E-state index contributed by atoms with van der Waals surface area (Å²) in [5.74, 6) is -0.249. The van der Waals surface area contributed by atoms with Crippen LogP contribution < -0.4 is 19.9 Å². The molecular weight excluding hydrogens is 553 g/mol. The van der Waals surface area contributed by atoms with Gasteiger partial charge in [-0.2, -0.15) is 15.0 Å². The number of ether oxygens (including phenoxy) is 1. The molecule has 2 aromatic heterocycles. The lowest BCUT2D eigenvalue weighted by Crippen LogP contribution is -2.57. The fourth-order valence-electron chi connectivity index (χ4n) is 5.22. The zero-order valence-corrected chi connectivity index (χ0v) is 23.3. The normalized spacial score (nSPS) is 16.1. The molecule has 0 aliphatic carbocycles. The van der Waals surface area contributed by atoms with Crippen molar-refractivity contribution in [3.8, 4) is 16.9 Å². The summed E-state index contributed by atoms with van der Waals surface area (Å²) in [5, 5.41) is 2.86. The minimum absolute atomic E-state index is 0.0503. The lowest BCUT2D eigenvalue weighted by Gasteiger charge is -2.45. The molecule has 12 heteroatoms. The Morgan fingerprint density at radius 2 is 1.75 bits per heavy atom.